The van der Waals surface area contributed by atoms with Gasteiger partial charge in [-0.2, -0.15) is 0 Å². The highest BCUT2D eigenvalue weighted by Gasteiger charge is 2.00. The van der Waals surface area contributed by atoms with Gasteiger partial charge in [0, 0.05) is 12.6 Å². The minimum atomic E-state index is 0.0857. The van der Waals surface area contributed by atoms with E-state index in [9.17, 15) is 0 Å². The molecule has 2 N–H and O–H groups in total. The van der Waals surface area contributed by atoms with Crippen LogP contribution < -0.4 is 10.1 Å². The number of anilines is 1. The maximum Gasteiger partial charge on any atom is 0.120 e. The average molecular weight is 202 g/mol. The summed E-state index contributed by atoms with van der Waals surface area (Å²) in [5, 5.41) is 12.2. The van der Waals surface area contributed by atoms with Crippen LogP contribution in [0.2, 0.25) is 5.02 Å². The summed E-state index contributed by atoms with van der Waals surface area (Å²) in [7, 11) is 1.59. The van der Waals surface area contributed by atoms with Gasteiger partial charge in [0.05, 0.1) is 24.4 Å². The standard InChI is InChI=1S/C9H12ClNO2/c1-13-7-2-3-9(8(10)6-7)11-4-5-12/h2-3,6,11-12H,4-5H2,1H3. The van der Waals surface area contributed by atoms with Crippen LogP contribution in [0.3, 0.4) is 0 Å². The molecule has 0 aliphatic carbocycles. The van der Waals surface area contributed by atoms with Gasteiger partial charge in [0.2, 0.25) is 0 Å². The quantitative estimate of drug-likeness (QED) is 0.780. The average Bonchev–Trinajstić information content (AvgIpc) is 2.16. The lowest BCUT2D eigenvalue weighted by molar-refractivity contribution is 0.311. The van der Waals surface area contributed by atoms with Crippen LogP contribution in [0.1, 0.15) is 0 Å². The number of rotatable bonds is 4. The Morgan fingerprint density at radius 2 is 2.31 bits per heavy atom. The van der Waals surface area contributed by atoms with Crippen LogP contribution in [-0.2, 0) is 0 Å². The number of aliphatic hydroxyl groups excluding tert-OH is 1. The highest BCUT2D eigenvalue weighted by atomic mass is 35.5. The summed E-state index contributed by atoms with van der Waals surface area (Å²) in [6.07, 6.45) is 0. The zero-order valence-corrected chi connectivity index (χ0v) is 8.14. The van der Waals surface area contributed by atoms with Crippen LogP contribution in [0, 0.1) is 0 Å². The first-order chi connectivity index (χ1) is 6.27. The molecular weight excluding hydrogens is 190 g/mol. The summed E-state index contributed by atoms with van der Waals surface area (Å²) in [4.78, 5) is 0. The number of aliphatic hydroxyl groups is 1. The van der Waals surface area contributed by atoms with Gasteiger partial charge in [-0.3, -0.25) is 0 Å². The van der Waals surface area contributed by atoms with Crippen molar-refractivity contribution >= 4 is 17.3 Å². The van der Waals surface area contributed by atoms with Gasteiger partial charge < -0.3 is 15.2 Å². The number of methoxy groups -OCH3 is 1. The second-order valence-corrected chi connectivity index (χ2v) is 2.90. The maximum atomic E-state index is 8.59. The first-order valence-corrected chi connectivity index (χ1v) is 4.34. The largest absolute Gasteiger partial charge is 0.497 e. The van der Waals surface area contributed by atoms with E-state index in [-0.39, 0.29) is 6.61 Å². The number of benzene rings is 1. The molecular formula is C9H12ClNO2. The molecule has 13 heavy (non-hydrogen) atoms. The smallest absolute Gasteiger partial charge is 0.120 e. The van der Waals surface area contributed by atoms with E-state index in [0.29, 0.717) is 11.6 Å². The molecule has 72 valence electrons. The number of hydrogen-bond donors (Lipinski definition) is 2. The molecule has 0 saturated carbocycles. The SMILES string of the molecule is COc1ccc(NCCO)c(Cl)c1. The topological polar surface area (TPSA) is 41.5 Å². The van der Waals surface area contributed by atoms with Crippen LogP contribution in [0.25, 0.3) is 0 Å². The molecule has 1 aromatic carbocycles. The third kappa shape index (κ3) is 2.79. The maximum absolute atomic E-state index is 8.59. The van der Waals surface area contributed by atoms with Crippen molar-refractivity contribution in [3.8, 4) is 5.75 Å². The highest BCUT2D eigenvalue weighted by molar-refractivity contribution is 6.33. The van der Waals surface area contributed by atoms with Gasteiger partial charge in [0.1, 0.15) is 5.75 Å². The zero-order chi connectivity index (χ0) is 9.68. The number of nitrogens with one attached hydrogen (secondary N) is 1. The van der Waals surface area contributed by atoms with Gasteiger partial charge in [-0.1, -0.05) is 11.6 Å². The molecule has 4 heteroatoms. The zero-order valence-electron chi connectivity index (χ0n) is 7.38. The van der Waals surface area contributed by atoms with E-state index >= 15 is 0 Å². The fourth-order valence-electron chi connectivity index (χ4n) is 0.957. The van der Waals surface area contributed by atoms with Gasteiger partial charge >= 0.3 is 0 Å². The first-order valence-electron chi connectivity index (χ1n) is 3.96. The molecule has 0 heterocycles. The lowest BCUT2D eigenvalue weighted by atomic mass is 10.3. The molecule has 0 amide bonds. The number of ether oxygens (including phenoxy) is 1. The van der Waals surface area contributed by atoms with Gasteiger partial charge in [-0.15, -0.1) is 0 Å². The molecule has 3 nitrogen and oxygen atoms in total. The molecule has 0 saturated heterocycles. The molecule has 0 radical (unpaired) electrons. The summed E-state index contributed by atoms with van der Waals surface area (Å²) in [5.41, 5.74) is 0.802. The van der Waals surface area contributed by atoms with E-state index in [4.69, 9.17) is 21.4 Å². The summed E-state index contributed by atoms with van der Waals surface area (Å²) in [6, 6.07) is 5.35. The van der Waals surface area contributed by atoms with Crippen LogP contribution >= 0.6 is 11.6 Å². The predicted molar refractivity (Wildman–Crippen MR) is 53.6 cm³/mol. The van der Waals surface area contributed by atoms with Crippen LogP contribution in [0.15, 0.2) is 18.2 Å². The molecule has 0 fully saturated rings. The minimum Gasteiger partial charge on any atom is -0.497 e. The van der Waals surface area contributed by atoms with E-state index in [1.807, 2.05) is 12.1 Å². The molecule has 0 spiro atoms. The Hall–Kier alpha value is -0.930. The summed E-state index contributed by atoms with van der Waals surface area (Å²) in [6.45, 7) is 0.578. The molecule has 0 unspecified atom stereocenters. The van der Waals surface area contributed by atoms with Crippen LogP contribution in [-0.4, -0.2) is 25.4 Å². The van der Waals surface area contributed by atoms with E-state index < -0.39 is 0 Å². The molecule has 0 aromatic heterocycles. The summed E-state index contributed by atoms with van der Waals surface area (Å²) < 4.78 is 4.99. The molecule has 0 bridgehead atoms. The van der Waals surface area contributed by atoms with Crippen molar-refractivity contribution in [3.63, 3.8) is 0 Å². The van der Waals surface area contributed by atoms with Crippen molar-refractivity contribution in [2.45, 2.75) is 0 Å². The number of hydrogen-bond acceptors (Lipinski definition) is 3. The lowest BCUT2D eigenvalue weighted by Gasteiger charge is -2.07. The molecule has 0 atom stereocenters. The van der Waals surface area contributed by atoms with E-state index in [0.717, 1.165) is 11.4 Å². The van der Waals surface area contributed by atoms with Crippen LogP contribution in [0.5, 0.6) is 5.75 Å². The van der Waals surface area contributed by atoms with Crippen molar-refractivity contribution in [3.05, 3.63) is 23.2 Å². The summed E-state index contributed by atoms with van der Waals surface area (Å²) >= 11 is 5.92. The van der Waals surface area contributed by atoms with Crippen molar-refractivity contribution in [2.75, 3.05) is 25.6 Å². The van der Waals surface area contributed by atoms with E-state index in [1.165, 1.54) is 0 Å². The fourth-order valence-corrected chi connectivity index (χ4v) is 1.19. The lowest BCUT2D eigenvalue weighted by Crippen LogP contribution is -2.05. The van der Waals surface area contributed by atoms with Gasteiger partial charge in [-0.05, 0) is 12.1 Å². The van der Waals surface area contributed by atoms with Crippen molar-refractivity contribution in [1.29, 1.82) is 0 Å². The normalized spacial score (nSPS) is 9.77. The van der Waals surface area contributed by atoms with Crippen molar-refractivity contribution in [1.82, 2.24) is 0 Å². The number of halogens is 1. The predicted octanol–water partition coefficient (Wildman–Crippen LogP) is 1.75. The van der Waals surface area contributed by atoms with Crippen LogP contribution in [0.4, 0.5) is 5.69 Å². The van der Waals surface area contributed by atoms with Gasteiger partial charge in [0.15, 0.2) is 0 Å². The highest BCUT2D eigenvalue weighted by Crippen LogP contribution is 2.26. The fraction of sp³-hybridized carbons (Fsp3) is 0.333. The second kappa shape index (κ2) is 4.94. The minimum absolute atomic E-state index is 0.0857. The Morgan fingerprint density at radius 1 is 1.54 bits per heavy atom. The Morgan fingerprint density at radius 3 is 2.85 bits per heavy atom. The van der Waals surface area contributed by atoms with Gasteiger partial charge in [-0.25, -0.2) is 0 Å². The third-order valence-electron chi connectivity index (χ3n) is 1.60. The monoisotopic (exact) mass is 201 g/mol. The third-order valence-corrected chi connectivity index (χ3v) is 1.92. The Bertz CT molecular complexity index is 278. The first kappa shape index (κ1) is 10.2. The Balaban J connectivity index is 2.73. The van der Waals surface area contributed by atoms with E-state index in [1.54, 1.807) is 13.2 Å². The van der Waals surface area contributed by atoms with Crippen molar-refractivity contribution < 1.29 is 9.84 Å². The Kier molecular flexibility index (Phi) is 3.86. The second-order valence-electron chi connectivity index (χ2n) is 2.50. The molecule has 0 aliphatic rings. The molecule has 1 aromatic rings. The van der Waals surface area contributed by atoms with Crippen molar-refractivity contribution in [2.24, 2.45) is 0 Å². The van der Waals surface area contributed by atoms with E-state index in [2.05, 4.69) is 5.32 Å². The van der Waals surface area contributed by atoms with Gasteiger partial charge in [0.25, 0.3) is 0 Å². The molecule has 1 rings (SSSR count). The summed E-state index contributed by atoms with van der Waals surface area (Å²) in [5.74, 6) is 0.722. The Labute approximate surface area is 82.3 Å². The molecule has 0 aliphatic heterocycles.